The van der Waals surface area contributed by atoms with Crippen molar-refractivity contribution >= 4 is 38.5 Å². The van der Waals surface area contributed by atoms with E-state index in [9.17, 15) is 22.0 Å². The predicted molar refractivity (Wildman–Crippen MR) is 54.6 cm³/mol. The Hall–Kier alpha value is 0.01000. The minimum Gasteiger partial charge on any atom is -0.253 e. The first-order valence-electron chi connectivity index (χ1n) is 3.44. The highest BCUT2D eigenvalue weighted by atomic mass is 127. The molecular formula is C7H2BrF5IN. The lowest BCUT2D eigenvalue weighted by molar-refractivity contribution is -0.138. The second kappa shape index (κ2) is 4.48. The van der Waals surface area contributed by atoms with Crippen molar-refractivity contribution < 1.29 is 22.0 Å². The average molecular weight is 402 g/mol. The van der Waals surface area contributed by atoms with Crippen molar-refractivity contribution in [3.05, 3.63) is 25.5 Å². The Morgan fingerprint density at radius 3 is 2.27 bits per heavy atom. The van der Waals surface area contributed by atoms with E-state index in [1.807, 2.05) is 0 Å². The zero-order valence-corrected chi connectivity index (χ0v) is 10.5. The molecule has 84 valence electrons. The molecule has 0 saturated heterocycles. The molecule has 0 aliphatic carbocycles. The molecule has 1 aromatic heterocycles. The maximum Gasteiger partial charge on any atom is 0.419 e. The van der Waals surface area contributed by atoms with Crippen LogP contribution in [0.3, 0.4) is 0 Å². The number of nitrogens with zero attached hydrogens (tertiary/aromatic N) is 1. The summed E-state index contributed by atoms with van der Waals surface area (Å²) in [6.07, 6.45) is -7.10. The minimum absolute atomic E-state index is 0.225. The third-order valence-electron chi connectivity index (χ3n) is 1.50. The van der Waals surface area contributed by atoms with Gasteiger partial charge in [0.25, 0.3) is 6.43 Å². The van der Waals surface area contributed by atoms with E-state index in [2.05, 4.69) is 20.9 Å². The van der Waals surface area contributed by atoms with Crippen LogP contribution in [0.2, 0.25) is 0 Å². The quantitative estimate of drug-likeness (QED) is 0.502. The van der Waals surface area contributed by atoms with Gasteiger partial charge in [-0.3, -0.25) is 4.98 Å². The molecule has 1 rings (SSSR count). The first kappa shape index (κ1) is 13.1. The fourth-order valence-electron chi connectivity index (χ4n) is 0.828. The Labute approximate surface area is 103 Å². The van der Waals surface area contributed by atoms with Gasteiger partial charge in [0, 0.05) is 10.7 Å². The molecule has 0 aliphatic heterocycles. The van der Waals surface area contributed by atoms with Crippen LogP contribution in [-0.4, -0.2) is 4.98 Å². The molecule has 15 heavy (non-hydrogen) atoms. The molecule has 0 aliphatic rings. The average Bonchev–Trinajstić information content (AvgIpc) is 2.06. The first-order valence-corrected chi connectivity index (χ1v) is 5.31. The van der Waals surface area contributed by atoms with Gasteiger partial charge in [0.05, 0.1) is 9.13 Å². The Morgan fingerprint density at radius 2 is 1.87 bits per heavy atom. The van der Waals surface area contributed by atoms with Crippen molar-refractivity contribution in [1.82, 2.24) is 4.98 Å². The summed E-state index contributed by atoms with van der Waals surface area (Å²) in [6.45, 7) is 0. The summed E-state index contributed by atoms with van der Waals surface area (Å²) < 4.78 is 60.8. The standard InChI is InChI=1S/C7H2BrF5IN/c8-3-2(7(11,12)13)1-15-5(4(3)14)6(9)10/h1,6H. The SMILES string of the molecule is FC(F)c1ncc(C(F)(F)F)c(Br)c1I. The third-order valence-corrected chi connectivity index (χ3v) is 4.16. The zero-order chi connectivity index (χ0) is 11.8. The summed E-state index contributed by atoms with van der Waals surface area (Å²) >= 11 is 4.03. The van der Waals surface area contributed by atoms with E-state index in [-0.39, 0.29) is 3.57 Å². The molecule has 1 nitrogen and oxygen atoms in total. The number of rotatable bonds is 1. The molecule has 0 atom stereocenters. The van der Waals surface area contributed by atoms with Gasteiger partial charge in [-0.2, -0.15) is 13.2 Å². The van der Waals surface area contributed by atoms with Gasteiger partial charge < -0.3 is 0 Å². The van der Waals surface area contributed by atoms with E-state index >= 15 is 0 Å². The Balaban J connectivity index is 3.34. The second-order valence-electron chi connectivity index (χ2n) is 2.48. The molecule has 0 amide bonds. The number of hydrogen-bond donors (Lipinski definition) is 0. The number of hydrogen-bond acceptors (Lipinski definition) is 1. The zero-order valence-electron chi connectivity index (χ0n) is 6.75. The van der Waals surface area contributed by atoms with Gasteiger partial charge in [0.1, 0.15) is 5.69 Å². The van der Waals surface area contributed by atoms with E-state index in [4.69, 9.17) is 0 Å². The van der Waals surface area contributed by atoms with Crippen molar-refractivity contribution in [2.75, 3.05) is 0 Å². The van der Waals surface area contributed by atoms with Crippen LogP contribution in [0.15, 0.2) is 10.7 Å². The topological polar surface area (TPSA) is 12.9 Å². The smallest absolute Gasteiger partial charge is 0.253 e. The highest BCUT2D eigenvalue weighted by Crippen LogP contribution is 2.38. The summed E-state index contributed by atoms with van der Waals surface area (Å²) in [6, 6.07) is 0. The molecule has 0 aromatic carbocycles. The Morgan fingerprint density at radius 1 is 1.33 bits per heavy atom. The van der Waals surface area contributed by atoms with E-state index in [1.165, 1.54) is 22.6 Å². The van der Waals surface area contributed by atoms with Crippen LogP contribution in [0.25, 0.3) is 0 Å². The molecule has 0 spiro atoms. The summed E-state index contributed by atoms with van der Waals surface area (Å²) in [4.78, 5) is 3.10. The lowest BCUT2D eigenvalue weighted by Crippen LogP contribution is -2.09. The largest absolute Gasteiger partial charge is 0.419 e. The maximum atomic E-state index is 12.3. The van der Waals surface area contributed by atoms with Gasteiger partial charge in [-0.25, -0.2) is 8.78 Å². The van der Waals surface area contributed by atoms with Crippen LogP contribution in [-0.2, 0) is 6.18 Å². The molecule has 0 fully saturated rings. The van der Waals surface area contributed by atoms with Crippen molar-refractivity contribution in [2.24, 2.45) is 0 Å². The monoisotopic (exact) mass is 401 g/mol. The van der Waals surface area contributed by atoms with Gasteiger partial charge in [0.2, 0.25) is 0 Å². The first-order chi connectivity index (χ1) is 6.75. The highest BCUT2D eigenvalue weighted by Gasteiger charge is 2.35. The van der Waals surface area contributed by atoms with E-state index in [0.717, 1.165) is 0 Å². The van der Waals surface area contributed by atoms with E-state index in [1.54, 1.807) is 0 Å². The van der Waals surface area contributed by atoms with Crippen LogP contribution in [0.1, 0.15) is 17.7 Å². The predicted octanol–water partition coefficient (Wildman–Crippen LogP) is 4.41. The molecule has 8 heteroatoms. The van der Waals surface area contributed by atoms with E-state index in [0.29, 0.717) is 6.20 Å². The minimum atomic E-state index is -4.60. The Bertz CT molecular complexity index is 378. The van der Waals surface area contributed by atoms with E-state index < -0.39 is 28.3 Å². The van der Waals surface area contributed by atoms with Gasteiger partial charge in [-0.15, -0.1) is 0 Å². The lowest BCUT2D eigenvalue weighted by Gasteiger charge is -2.11. The normalized spacial score (nSPS) is 12.3. The van der Waals surface area contributed by atoms with Crippen LogP contribution in [0.4, 0.5) is 22.0 Å². The molecule has 1 heterocycles. The number of pyridine rings is 1. The van der Waals surface area contributed by atoms with Crippen molar-refractivity contribution in [3.8, 4) is 0 Å². The van der Waals surface area contributed by atoms with Crippen LogP contribution < -0.4 is 0 Å². The fourth-order valence-corrected chi connectivity index (χ4v) is 2.02. The van der Waals surface area contributed by atoms with Crippen LogP contribution in [0, 0.1) is 3.57 Å². The van der Waals surface area contributed by atoms with Crippen molar-refractivity contribution in [3.63, 3.8) is 0 Å². The van der Waals surface area contributed by atoms with Gasteiger partial charge >= 0.3 is 6.18 Å². The molecule has 0 bridgehead atoms. The Kier molecular flexibility index (Phi) is 3.90. The summed E-state index contributed by atoms with van der Waals surface area (Å²) in [5, 5.41) is 0. The second-order valence-corrected chi connectivity index (χ2v) is 4.36. The molecule has 0 radical (unpaired) electrons. The van der Waals surface area contributed by atoms with Crippen molar-refractivity contribution in [1.29, 1.82) is 0 Å². The van der Waals surface area contributed by atoms with Crippen LogP contribution in [0.5, 0.6) is 0 Å². The summed E-state index contributed by atoms with van der Waals surface area (Å²) in [7, 11) is 0. The third kappa shape index (κ3) is 2.77. The summed E-state index contributed by atoms with van der Waals surface area (Å²) in [5.74, 6) is 0. The number of halogens is 7. The summed E-state index contributed by atoms with van der Waals surface area (Å²) in [5.41, 5.74) is -1.72. The molecule has 0 N–H and O–H groups in total. The van der Waals surface area contributed by atoms with Gasteiger partial charge in [-0.1, -0.05) is 0 Å². The van der Waals surface area contributed by atoms with Crippen LogP contribution >= 0.6 is 38.5 Å². The van der Waals surface area contributed by atoms with Crippen molar-refractivity contribution in [2.45, 2.75) is 12.6 Å². The fraction of sp³-hybridized carbons (Fsp3) is 0.286. The molecule has 1 aromatic rings. The molecule has 0 unspecified atom stereocenters. The molecular weight excluding hydrogens is 400 g/mol. The maximum absolute atomic E-state index is 12.3. The van der Waals surface area contributed by atoms with Gasteiger partial charge in [-0.05, 0) is 38.5 Å². The lowest BCUT2D eigenvalue weighted by atomic mass is 10.2. The van der Waals surface area contributed by atoms with Gasteiger partial charge in [0.15, 0.2) is 0 Å². The number of alkyl halides is 5. The number of aromatic nitrogens is 1. The molecule has 0 saturated carbocycles. The highest BCUT2D eigenvalue weighted by molar-refractivity contribution is 14.1.